The SMILES string of the molecule is CC/C=C\C/C=C\C/C=C\CCCCCCCCCC(=O)OC(COC(=O)CCCCCCC/C=C\CCCCCC)COP(=O)(O)OCC(CO)OC(=O)CCCCCCC/C=C\CCCC. The zero-order valence-electron chi connectivity index (χ0n) is 43.3. The second-order valence-corrected chi connectivity index (χ2v) is 19.5. The predicted octanol–water partition coefficient (Wildman–Crippen LogP) is 15.6. The van der Waals surface area contributed by atoms with E-state index in [0.29, 0.717) is 19.3 Å². The number of hydrogen-bond acceptors (Lipinski definition) is 10. The molecule has 0 spiro atoms. The standard InChI is InChI=1S/C56H99O11P/c1-4-7-10-13-16-19-22-24-25-26-27-29-32-35-38-41-44-47-56(60)67-53(49-63-54(58)45-42-39-36-33-31-28-23-20-17-14-11-8-5-2)51-65-68(61,62)64-50-52(48-57)66-55(59)46-43-40-37-34-30-21-18-15-12-9-6-3/h7,10,15-16,18-20,23-25,52-53,57H,4-6,8-9,11-14,17,21-22,26-51H2,1-3H3,(H,61,62)/b10-7-,18-15-,19-16-,23-20-,25-24-. The average Bonchev–Trinajstić information content (AvgIpc) is 3.32. The molecule has 0 aliphatic rings. The van der Waals surface area contributed by atoms with Crippen molar-refractivity contribution in [3.05, 3.63) is 60.8 Å². The minimum absolute atomic E-state index is 0.154. The maximum absolute atomic E-state index is 12.9. The third kappa shape index (κ3) is 48.2. The van der Waals surface area contributed by atoms with E-state index in [2.05, 4.69) is 81.5 Å². The minimum atomic E-state index is -4.75. The molecule has 12 heteroatoms. The Labute approximate surface area is 415 Å². The Balaban J connectivity index is 4.76. The van der Waals surface area contributed by atoms with Crippen LogP contribution in [0.15, 0.2) is 60.8 Å². The van der Waals surface area contributed by atoms with Crippen LogP contribution in [0.25, 0.3) is 0 Å². The zero-order chi connectivity index (χ0) is 49.9. The first-order valence-electron chi connectivity index (χ1n) is 27.2. The Bertz CT molecular complexity index is 1370. The van der Waals surface area contributed by atoms with Crippen molar-refractivity contribution in [1.82, 2.24) is 0 Å². The molecule has 0 aliphatic heterocycles. The van der Waals surface area contributed by atoms with Gasteiger partial charge in [-0.25, -0.2) is 4.57 Å². The minimum Gasteiger partial charge on any atom is -0.462 e. The van der Waals surface area contributed by atoms with Gasteiger partial charge in [-0.15, -0.1) is 0 Å². The van der Waals surface area contributed by atoms with Crippen LogP contribution in [-0.4, -0.2) is 66.5 Å². The summed E-state index contributed by atoms with van der Waals surface area (Å²) in [5, 5.41) is 9.77. The van der Waals surface area contributed by atoms with Crippen molar-refractivity contribution in [3.8, 4) is 0 Å². The fourth-order valence-electron chi connectivity index (χ4n) is 7.23. The summed E-state index contributed by atoms with van der Waals surface area (Å²) in [7, 11) is -4.75. The van der Waals surface area contributed by atoms with Crippen molar-refractivity contribution in [2.24, 2.45) is 0 Å². The molecule has 0 aromatic rings. The van der Waals surface area contributed by atoms with Crippen LogP contribution >= 0.6 is 7.82 Å². The summed E-state index contributed by atoms with van der Waals surface area (Å²) in [6.45, 7) is 4.45. The number of aliphatic hydroxyl groups excluding tert-OH is 1. The predicted molar refractivity (Wildman–Crippen MR) is 279 cm³/mol. The van der Waals surface area contributed by atoms with Crippen molar-refractivity contribution in [2.75, 3.05) is 26.4 Å². The molecule has 0 saturated carbocycles. The second-order valence-electron chi connectivity index (χ2n) is 18.0. The van der Waals surface area contributed by atoms with Gasteiger partial charge >= 0.3 is 25.7 Å². The van der Waals surface area contributed by atoms with Crippen molar-refractivity contribution in [1.29, 1.82) is 0 Å². The third-order valence-corrected chi connectivity index (χ3v) is 12.3. The molecule has 68 heavy (non-hydrogen) atoms. The Morgan fingerprint density at radius 3 is 1.24 bits per heavy atom. The number of unbranched alkanes of at least 4 members (excludes halogenated alkanes) is 23. The lowest BCUT2D eigenvalue weighted by molar-refractivity contribution is -0.161. The normalized spacial score (nSPS) is 13.9. The van der Waals surface area contributed by atoms with Crippen molar-refractivity contribution in [3.63, 3.8) is 0 Å². The smallest absolute Gasteiger partial charge is 0.462 e. The molecule has 0 aliphatic carbocycles. The number of phosphoric ester groups is 1. The summed E-state index contributed by atoms with van der Waals surface area (Å²) in [5.41, 5.74) is 0. The molecule has 0 heterocycles. The van der Waals surface area contributed by atoms with Crippen LogP contribution in [0, 0.1) is 0 Å². The molecule has 3 unspecified atom stereocenters. The first-order valence-corrected chi connectivity index (χ1v) is 28.7. The highest BCUT2D eigenvalue weighted by molar-refractivity contribution is 7.47. The van der Waals surface area contributed by atoms with E-state index in [9.17, 15) is 28.9 Å². The molecule has 0 aromatic heterocycles. The van der Waals surface area contributed by atoms with E-state index < -0.39 is 57.8 Å². The number of phosphoric acid groups is 1. The number of aliphatic hydroxyl groups is 1. The number of carbonyl (C=O) groups excluding carboxylic acids is 3. The van der Waals surface area contributed by atoms with Crippen molar-refractivity contribution in [2.45, 2.75) is 251 Å². The Morgan fingerprint density at radius 1 is 0.426 bits per heavy atom. The van der Waals surface area contributed by atoms with E-state index in [-0.39, 0.29) is 25.9 Å². The van der Waals surface area contributed by atoms with Crippen molar-refractivity contribution < 1.29 is 52.2 Å². The fourth-order valence-corrected chi connectivity index (χ4v) is 8.01. The Hall–Kier alpha value is -2.82. The molecular weight excluding hydrogens is 880 g/mol. The number of carbonyl (C=O) groups is 3. The molecule has 0 bridgehead atoms. The number of ether oxygens (including phenoxy) is 3. The molecule has 394 valence electrons. The van der Waals surface area contributed by atoms with Crippen molar-refractivity contribution >= 4 is 25.7 Å². The lowest BCUT2D eigenvalue weighted by atomic mass is 10.1. The van der Waals surface area contributed by atoms with Crippen LogP contribution < -0.4 is 0 Å². The van der Waals surface area contributed by atoms with Crippen LogP contribution in [0.2, 0.25) is 0 Å². The molecule has 0 radical (unpaired) electrons. The van der Waals surface area contributed by atoms with E-state index in [1.165, 1.54) is 44.9 Å². The summed E-state index contributed by atoms with van der Waals surface area (Å²) < 4.78 is 39.4. The monoisotopic (exact) mass is 979 g/mol. The van der Waals surface area contributed by atoms with Crippen LogP contribution in [0.5, 0.6) is 0 Å². The van der Waals surface area contributed by atoms with Gasteiger partial charge in [-0.2, -0.15) is 0 Å². The van der Waals surface area contributed by atoms with Crippen LogP contribution in [0.1, 0.15) is 239 Å². The molecule has 3 atom stereocenters. The van der Waals surface area contributed by atoms with Gasteiger partial charge in [0, 0.05) is 19.3 Å². The van der Waals surface area contributed by atoms with Gasteiger partial charge in [0.15, 0.2) is 6.10 Å². The Kier molecular flexibility index (Phi) is 48.5. The molecule has 0 saturated heterocycles. The molecule has 0 fully saturated rings. The lowest BCUT2D eigenvalue weighted by Crippen LogP contribution is -2.30. The first kappa shape index (κ1) is 65.2. The van der Waals surface area contributed by atoms with E-state index in [0.717, 1.165) is 135 Å². The van der Waals surface area contributed by atoms with E-state index in [1.807, 2.05) is 0 Å². The maximum atomic E-state index is 12.9. The summed E-state index contributed by atoms with van der Waals surface area (Å²) in [5.74, 6) is -1.49. The summed E-state index contributed by atoms with van der Waals surface area (Å²) in [6.07, 6.45) is 53.3. The van der Waals surface area contributed by atoms with Gasteiger partial charge in [-0.1, -0.05) is 184 Å². The van der Waals surface area contributed by atoms with Gasteiger partial charge in [-0.05, 0) is 96.3 Å². The second kappa shape index (κ2) is 50.6. The van der Waals surface area contributed by atoms with Crippen LogP contribution in [-0.2, 0) is 42.2 Å². The number of esters is 3. The first-order chi connectivity index (χ1) is 33.2. The van der Waals surface area contributed by atoms with Crippen LogP contribution in [0.4, 0.5) is 0 Å². The third-order valence-electron chi connectivity index (χ3n) is 11.4. The molecule has 0 aromatic carbocycles. The fraction of sp³-hybridized carbons (Fsp3) is 0.768. The number of rotatable bonds is 50. The zero-order valence-corrected chi connectivity index (χ0v) is 44.2. The van der Waals surface area contributed by atoms with E-state index in [4.69, 9.17) is 23.3 Å². The van der Waals surface area contributed by atoms with Gasteiger partial charge in [0.1, 0.15) is 12.7 Å². The number of hydrogen-bond donors (Lipinski definition) is 2. The van der Waals surface area contributed by atoms with E-state index in [1.54, 1.807) is 0 Å². The van der Waals surface area contributed by atoms with Gasteiger partial charge in [0.05, 0.1) is 19.8 Å². The van der Waals surface area contributed by atoms with Gasteiger partial charge in [-0.3, -0.25) is 23.4 Å². The lowest BCUT2D eigenvalue weighted by Gasteiger charge is -2.21. The average molecular weight is 979 g/mol. The van der Waals surface area contributed by atoms with Gasteiger partial charge in [0.2, 0.25) is 0 Å². The highest BCUT2D eigenvalue weighted by Gasteiger charge is 2.28. The highest BCUT2D eigenvalue weighted by atomic mass is 31.2. The molecular formula is C56H99O11P. The van der Waals surface area contributed by atoms with E-state index >= 15 is 0 Å². The summed E-state index contributed by atoms with van der Waals surface area (Å²) >= 11 is 0. The summed E-state index contributed by atoms with van der Waals surface area (Å²) in [4.78, 5) is 48.4. The molecule has 0 amide bonds. The largest absolute Gasteiger partial charge is 0.472 e. The quantitative estimate of drug-likeness (QED) is 0.0197. The maximum Gasteiger partial charge on any atom is 0.472 e. The molecule has 2 N–H and O–H groups in total. The van der Waals surface area contributed by atoms with Gasteiger partial charge < -0.3 is 24.2 Å². The number of allylic oxidation sites excluding steroid dienone is 10. The molecule has 11 nitrogen and oxygen atoms in total. The highest BCUT2D eigenvalue weighted by Crippen LogP contribution is 2.43. The Morgan fingerprint density at radius 2 is 0.779 bits per heavy atom. The molecule has 0 rings (SSSR count). The van der Waals surface area contributed by atoms with Crippen LogP contribution in [0.3, 0.4) is 0 Å². The van der Waals surface area contributed by atoms with Gasteiger partial charge in [0.25, 0.3) is 0 Å². The summed E-state index contributed by atoms with van der Waals surface area (Å²) in [6, 6.07) is 0. The topological polar surface area (TPSA) is 155 Å².